The molecular weight excluding hydrogens is 227 g/mol. The Morgan fingerprint density at radius 1 is 1.31 bits per heavy atom. The summed E-state index contributed by atoms with van der Waals surface area (Å²) in [7, 11) is 0. The third kappa shape index (κ3) is 2.58. The van der Waals surface area contributed by atoms with Gasteiger partial charge in [0.25, 0.3) is 0 Å². The molecule has 0 amide bonds. The van der Waals surface area contributed by atoms with Crippen LogP contribution >= 0.6 is 0 Å². The average Bonchev–Trinajstić information content (AvgIpc) is 2.53. The third-order valence-corrected chi connectivity index (χ3v) is 4.37. The molecule has 1 N–H and O–H groups in total. The zero-order valence-corrected chi connectivity index (χ0v) is 9.60. The quantitative estimate of drug-likeness (QED) is 0.693. The van der Waals surface area contributed by atoms with Crippen molar-refractivity contribution in [1.29, 1.82) is 0 Å². The molecule has 0 atom stereocenters. The van der Waals surface area contributed by atoms with Crippen LogP contribution in [0, 0.1) is 0 Å². The van der Waals surface area contributed by atoms with Gasteiger partial charge in [-0.1, -0.05) is 0 Å². The van der Waals surface area contributed by atoms with Gasteiger partial charge in [-0.15, -0.1) is 0 Å². The van der Waals surface area contributed by atoms with E-state index >= 15 is 0 Å². The Balaban J connectivity index is 1.80. The minimum absolute atomic E-state index is 0.442. The molecule has 0 saturated heterocycles. The molecule has 2 aliphatic rings. The summed E-state index contributed by atoms with van der Waals surface area (Å²) in [5.41, 5.74) is 0. The standard InChI is InChI=1S/C10H16N2Se/c1-8-7-11-10(13-8)12-9-5-3-2-4-6-9/h9H,1-7H2,(H,11,12). The first-order valence-corrected chi connectivity index (χ1v) is 6.72. The molecule has 0 bridgehead atoms. The first kappa shape index (κ1) is 9.29. The average molecular weight is 243 g/mol. The second-order valence-corrected chi connectivity index (χ2v) is 6.19. The zero-order chi connectivity index (χ0) is 9.10. The monoisotopic (exact) mass is 244 g/mol. The van der Waals surface area contributed by atoms with E-state index in [4.69, 9.17) is 0 Å². The van der Waals surface area contributed by atoms with Crippen molar-refractivity contribution < 1.29 is 0 Å². The van der Waals surface area contributed by atoms with Crippen molar-refractivity contribution in [1.82, 2.24) is 5.32 Å². The van der Waals surface area contributed by atoms with Crippen LogP contribution in [0.3, 0.4) is 0 Å². The SMILES string of the molecule is C=C1CN=C(NC2CCCCC2)[Se]1. The van der Waals surface area contributed by atoms with E-state index in [-0.39, 0.29) is 0 Å². The molecule has 1 fully saturated rings. The molecule has 2 nitrogen and oxygen atoms in total. The van der Waals surface area contributed by atoms with Crippen LogP contribution < -0.4 is 5.32 Å². The van der Waals surface area contributed by atoms with Crippen molar-refractivity contribution in [2.75, 3.05) is 6.54 Å². The summed E-state index contributed by atoms with van der Waals surface area (Å²) in [6.07, 6.45) is 6.86. The molecule has 1 heterocycles. The van der Waals surface area contributed by atoms with Gasteiger partial charge in [0.05, 0.1) is 0 Å². The van der Waals surface area contributed by atoms with Gasteiger partial charge >= 0.3 is 85.7 Å². The Labute approximate surface area is 86.0 Å². The molecule has 0 aromatic carbocycles. The van der Waals surface area contributed by atoms with Crippen LogP contribution in [0.1, 0.15) is 32.1 Å². The molecule has 1 saturated carbocycles. The van der Waals surface area contributed by atoms with E-state index < -0.39 is 0 Å². The number of nitrogens with zero attached hydrogens (tertiary/aromatic N) is 1. The third-order valence-electron chi connectivity index (χ3n) is 2.57. The molecule has 13 heavy (non-hydrogen) atoms. The summed E-state index contributed by atoms with van der Waals surface area (Å²) in [6, 6.07) is 0.709. The van der Waals surface area contributed by atoms with Crippen molar-refractivity contribution >= 4 is 19.7 Å². The van der Waals surface area contributed by atoms with E-state index in [9.17, 15) is 0 Å². The Kier molecular flexibility index (Phi) is 3.07. The molecule has 0 radical (unpaired) electrons. The van der Waals surface area contributed by atoms with E-state index in [1.54, 1.807) is 0 Å². The Hall–Kier alpha value is -0.271. The van der Waals surface area contributed by atoms with Crippen molar-refractivity contribution in [3.63, 3.8) is 0 Å². The predicted molar refractivity (Wildman–Crippen MR) is 57.2 cm³/mol. The van der Waals surface area contributed by atoms with Gasteiger partial charge in [-0.3, -0.25) is 0 Å². The molecular formula is C10H16N2Se. The molecule has 2 rings (SSSR count). The van der Waals surface area contributed by atoms with Crippen LogP contribution in [-0.2, 0) is 0 Å². The van der Waals surface area contributed by atoms with E-state index in [1.807, 2.05) is 0 Å². The molecule has 0 aromatic heterocycles. The molecule has 0 aromatic rings. The molecule has 1 aliphatic heterocycles. The molecule has 0 unspecified atom stereocenters. The van der Waals surface area contributed by atoms with Crippen molar-refractivity contribution in [3.8, 4) is 0 Å². The fourth-order valence-corrected chi connectivity index (χ4v) is 3.45. The zero-order valence-electron chi connectivity index (χ0n) is 7.88. The van der Waals surface area contributed by atoms with Crippen molar-refractivity contribution in [2.24, 2.45) is 4.99 Å². The van der Waals surface area contributed by atoms with Gasteiger partial charge in [-0.05, 0) is 0 Å². The van der Waals surface area contributed by atoms with Gasteiger partial charge in [0.15, 0.2) is 0 Å². The van der Waals surface area contributed by atoms with Crippen LogP contribution in [0.15, 0.2) is 16.0 Å². The molecule has 72 valence electrons. The van der Waals surface area contributed by atoms with Crippen LogP contribution in [-0.4, -0.2) is 32.3 Å². The van der Waals surface area contributed by atoms with Gasteiger partial charge in [0, 0.05) is 0 Å². The summed E-state index contributed by atoms with van der Waals surface area (Å²) in [6.45, 7) is 4.84. The maximum atomic E-state index is 4.44. The fraction of sp³-hybridized carbons (Fsp3) is 0.700. The fourth-order valence-electron chi connectivity index (χ4n) is 1.86. The van der Waals surface area contributed by atoms with E-state index in [2.05, 4.69) is 16.9 Å². The van der Waals surface area contributed by atoms with E-state index in [1.165, 1.54) is 41.3 Å². The number of hydrogen-bond acceptors (Lipinski definition) is 2. The van der Waals surface area contributed by atoms with Crippen molar-refractivity contribution in [2.45, 2.75) is 38.1 Å². The maximum absolute atomic E-state index is 4.44. The first-order chi connectivity index (χ1) is 6.34. The summed E-state index contributed by atoms with van der Waals surface area (Å²) in [4.78, 5) is 4.44. The minimum atomic E-state index is 0.442. The van der Waals surface area contributed by atoms with Crippen LogP contribution in [0.25, 0.3) is 0 Å². The van der Waals surface area contributed by atoms with Gasteiger partial charge in [-0.2, -0.15) is 0 Å². The normalized spacial score (nSPS) is 24.6. The van der Waals surface area contributed by atoms with Gasteiger partial charge in [0.1, 0.15) is 0 Å². The number of nitrogens with one attached hydrogen (secondary N) is 1. The predicted octanol–water partition coefficient (Wildman–Crippen LogP) is 1.50. The first-order valence-electron chi connectivity index (χ1n) is 5.01. The van der Waals surface area contributed by atoms with Crippen molar-refractivity contribution in [3.05, 3.63) is 11.1 Å². The number of aliphatic imine (C=N–C) groups is 1. The van der Waals surface area contributed by atoms with Gasteiger partial charge in [0.2, 0.25) is 0 Å². The van der Waals surface area contributed by atoms with Gasteiger partial charge < -0.3 is 0 Å². The molecule has 0 spiro atoms. The van der Waals surface area contributed by atoms with E-state index in [0.717, 1.165) is 6.54 Å². The summed E-state index contributed by atoms with van der Waals surface area (Å²) in [5.74, 6) is 0. The summed E-state index contributed by atoms with van der Waals surface area (Å²) >= 11 is 0.442. The van der Waals surface area contributed by atoms with E-state index in [0.29, 0.717) is 21.0 Å². The second-order valence-electron chi connectivity index (χ2n) is 3.74. The van der Waals surface area contributed by atoms with Gasteiger partial charge in [-0.25, -0.2) is 0 Å². The topological polar surface area (TPSA) is 24.4 Å². The van der Waals surface area contributed by atoms with Crippen LogP contribution in [0.2, 0.25) is 0 Å². The Morgan fingerprint density at radius 2 is 2.08 bits per heavy atom. The number of amidine groups is 1. The molecule has 3 heteroatoms. The van der Waals surface area contributed by atoms with Crippen LogP contribution in [0.5, 0.6) is 0 Å². The number of rotatable bonds is 1. The Morgan fingerprint density at radius 3 is 2.69 bits per heavy atom. The Bertz CT molecular complexity index is 229. The second kappa shape index (κ2) is 4.30. The van der Waals surface area contributed by atoms with Crippen LogP contribution in [0.4, 0.5) is 0 Å². The summed E-state index contributed by atoms with van der Waals surface area (Å²) < 4.78 is 2.55. The summed E-state index contributed by atoms with van der Waals surface area (Å²) in [5, 5.41) is 3.57. The number of hydrogen-bond donors (Lipinski definition) is 1. The molecule has 1 aliphatic carbocycles.